The third-order valence-electron chi connectivity index (χ3n) is 2.43. The fraction of sp³-hybridized carbons (Fsp3) is 0.182. The number of aryl methyl sites for hydroxylation is 1. The van der Waals surface area contributed by atoms with E-state index in [1.807, 2.05) is 0 Å². The van der Waals surface area contributed by atoms with Crippen LogP contribution in [0.15, 0.2) is 30.7 Å². The van der Waals surface area contributed by atoms with Crippen LogP contribution in [0.1, 0.15) is 0 Å². The van der Waals surface area contributed by atoms with E-state index in [4.69, 9.17) is 27.8 Å². The summed E-state index contributed by atoms with van der Waals surface area (Å²) in [4.78, 5) is 4.11. The highest BCUT2D eigenvalue weighted by Gasteiger charge is 2.13. The van der Waals surface area contributed by atoms with Gasteiger partial charge in [-0.25, -0.2) is 0 Å². The first kappa shape index (κ1) is 15.1. The number of pyridine rings is 1. The maximum atomic E-state index is 10.6. The molecule has 2 aromatic rings. The predicted molar refractivity (Wildman–Crippen MR) is 74.1 cm³/mol. The molecule has 0 saturated carbocycles. The number of aromatic nitrogens is 3. The molecule has 9 heteroatoms. The topological polar surface area (TPSA) is 84.0 Å². The average molecular weight is 335 g/mol. The first-order valence-corrected chi connectivity index (χ1v) is 7.84. The van der Waals surface area contributed by atoms with Gasteiger partial charge >= 0.3 is 0 Å². The number of rotatable bonds is 4. The van der Waals surface area contributed by atoms with Gasteiger partial charge in [-0.2, -0.15) is 8.42 Å². The van der Waals surface area contributed by atoms with Crippen LogP contribution < -0.4 is 4.68 Å². The highest BCUT2D eigenvalue weighted by atomic mass is 35.5. The maximum absolute atomic E-state index is 10.6. The summed E-state index contributed by atoms with van der Waals surface area (Å²) < 4.78 is 31.3. The Bertz CT molecular complexity index is 720. The van der Waals surface area contributed by atoms with Crippen molar-refractivity contribution in [1.29, 1.82) is 0 Å². The molecule has 6 nitrogen and oxygen atoms in total. The van der Waals surface area contributed by atoms with E-state index in [0.717, 1.165) is 0 Å². The normalized spacial score (nSPS) is 11.6. The number of halogens is 2. The number of hydrogen-bond acceptors (Lipinski definition) is 4. The first-order valence-electron chi connectivity index (χ1n) is 5.47. The molecule has 2 rings (SSSR count). The predicted octanol–water partition coefficient (Wildman–Crippen LogP) is 1.63. The summed E-state index contributed by atoms with van der Waals surface area (Å²) in [5.41, 5.74) is 1.21. The third-order valence-corrected chi connectivity index (χ3v) is 3.62. The molecule has 0 aliphatic heterocycles. The van der Waals surface area contributed by atoms with E-state index < -0.39 is 15.9 Å². The minimum atomic E-state index is -4.01. The molecule has 0 unspecified atom stereocenters. The molecule has 2 heterocycles. The fourth-order valence-electron chi connectivity index (χ4n) is 1.49. The lowest BCUT2D eigenvalue weighted by molar-refractivity contribution is -0.750. The van der Waals surface area contributed by atoms with E-state index in [1.165, 1.54) is 17.1 Å². The first-order chi connectivity index (χ1) is 9.35. The van der Waals surface area contributed by atoms with Crippen molar-refractivity contribution >= 4 is 33.3 Å². The maximum Gasteiger partial charge on any atom is 0.271 e. The summed E-state index contributed by atoms with van der Waals surface area (Å²) in [5.74, 6) is -0.399. The van der Waals surface area contributed by atoms with Crippen molar-refractivity contribution in [2.45, 2.75) is 6.54 Å². The van der Waals surface area contributed by atoms with Gasteiger partial charge in [0.15, 0.2) is 12.7 Å². The molecule has 1 N–H and O–H groups in total. The second-order valence-corrected chi connectivity index (χ2v) is 6.36. The van der Waals surface area contributed by atoms with Gasteiger partial charge < -0.3 is 0 Å². The Kier molecular flexibility index (Phi) is 4.54. The largest absolute Gasteiger partial charge is 0.285 e. The Morgan fingerprint density at radius 1 is 1.30 bits per heavy atom. The molecule has 0 spiro atoms. The van der Waals surface area contributed by atoms with E-state index in [9.17, 15) is 8.42 Å². The van der Waals surface area contributed by atoms with Crippen molar-refractivity contribution in [2.24, 2.45) is 0 Å². The minimum Gasteiger partial charge on any atom is -0.285 e. The molecular formula is C11H10Cl2N3O3S+. The summed E-state index contributed by atoms with van der Waals surface area (Å²) in [5, 5.41) is 4.87. The van der Waals surface area contributed by atoms with Gasteiger partial charge in [-0.05, 0) is 11.2 Å². The lowest BCUT2D eigenvalue weighted by atomic mass is 10.2. The zero-order chi connectivity index (χ0) is 14.8. The summed E-state index contributed by atoms with van der Waals surface area (Å²) in [7, 11) is -4.01. The third kappa shape index (κ3) is 4.11. The second kappa shape index (κ2) is 6.01. The molecule has 20 heavy (non-hydrogen) atoms. The van der Waals surface area contributed by atoms with Gasteiger partial charge in [-0.3, -0.25) is 9.54 Å². The van der Waals surface area contributed by atoms with Gasteiger partial charge in [0.2, 0.25) is 0 Å². The summed E-state index contributed by atoms with van der Waals surface area (Å²) >= 11 is 11.8. The average Bonchev–Trinajstić information content (AvgIpc) is 2.36. The number of hydrogen-bond donors (Lipinski definition) is 1. The van der Waals surface area contributed by atoms with Gasteiger partial charge in [0.05, 0.1) is 15.7 Å². The summed E-state index contributed by atoms with van der Waals surface area (Å²) in [6, 6.07) is 3.27. The quantitative estimate of drug-likeness (QED) is 0.678. The molecule has 0 radical (unpaired) electrons. The van der Waals surface area contributed by atoms with Crippen LogP contribution in [0.3, 0.4) is 0 Å². The highest BCUT2D eigenvalue weighted by molar-refractivity contribution is 7.85. The smallest absolute Gasteiger partial charge is 0.271 e. The Balaban J connectivity index is 2.19. The molecule has 106 valence electrons. The van der Waals surface area contributed by atoms with Crippen molar-refractivity contribution in [2.75, 3.05) is 5.75 Å². The van der Waals surface area contributed by atoms with E-state index in [-0.39, 0.29) is 6.54 Å². The molecule has 0 atom stereocenters. The van der Waals surface area contributed by atoms with Crippen molar-refractivity contribution in [3.8, 4) is 11.3 Å². The van der Waals surface area contributed by atoms with Gasteiger partial charge in [0.25, 0.3) is 10.1 Å². The van der Waals surface area contributed by atoms with E-state index in [0.29, 0.717) is 21.3 Å². The lowest BCUT2D eigenvalue weighted by Gasteiger charge is -2.02. The molecule has 0 aromatic carbocycles. The highest BCUT2D eigenvalue weighted by Crippen LogP contribution is 2.26. The Morgan fingerprint density at radius 2 is 2.05 bits per heavy atom. The zero-order valence-corrected chi connectivity index (χ0v) is 12.4. The molecule has 0 saturated heterocycles. The van der Waals surface area contributed by atoms with Gasteiger partial charge in [-0.1, -0.05) is 27.9 Å². The SMILES string of the molecule is O=S(=O)(O)CC[n+]1ccc(-c2ncc(Cl)cc2Cl)cn1. The molecule has 0 aliphatic carbocycles. The standard InChI is InChI=1S/C11H9Cl2N3O3S/c12-9-5-10(13)11(14-7-9)8-1-2-16(15-6-8)3-4-20(17,18)19/h1-2,5-7H,3-4H2/p+1. The van der Waals surface area contributed by atoms with Crippen LogP contribution in [-0.4, -0.2) is 28.8 Å². The number of nitrogens with zero attached hydrogens (tertiary/aromatic N) is 3. The van der Waals surface area contributed by atoms with Crippen molar-refractivity contribution in [3.05, 3.63) is 40.8 Å². The van der Waals surface area contributed by atoms with Crippen LogP contribution in [0.2, 0.25) is 10.0 Å². The Morgan fingerprint density at radius 3 is 2.60 bits per heavy atom. The Labute approximate surface area is 125 Å². The van der Waals surface area contributed by atoms with Gasteiger partial charge in [0.1, 0.15) is 11.9 Å². The molecule has 0 amide bonds. The van der Waals surface area contributed by atoms with E-state index in [1.54, 1.807) is 18.3 Å². The summed E-state index contributed by atoms with van der Waals surface area (Å²) in [6.45, 7) is 0.0564. The van der Waals surface area contributed by atoms with Gasteiger partial charge in [-0.15, -0.1) is 0 Å². The van der Waals surface area contributed by atoms with Crippen LogP contribution in [0.5, 0.6) is 0 Å². The summed E-state index contributed by atoms with van der Waals surface area (Å²) in [6.07, 6.45) is 4.56. The minimum absolute atomic E-state index is 0.0564. The monoisotopic (exact) mass is 334 g/mol. The van der Waals surface area contributed by atoms with Crippen LogP contribution >= 0.6 is 23.2 Å². The van der Waals surface area contributed by atoms with Crippen LogP contribution in [0.4, 0.5) is 0 Å². The molecule has 0 aliphatic rings. The molecule has 2 aromatic heterocycles. The zero-order valence-electron chi connectivity index (χ0n) is 10.1. The molecular weight excluding hydrogens is 325 g/mol. The van der Waals surface area contributed by atoms with E-state index >= 15 is 0 Å². The van der Waals surface area contributed by atoms with E-state index in [2.05, 4.69) is 10.1 Å². The van der Waals surface area contributed by atoms with Crippen LogP contribution in [0.25, 0.3) is 11.3 Å². The lowest BCUT2D eigenvalue weighted by Crippen LogP contribution is -2.40. The molecule has 0 fully saturated rings. The van der Waals surface area contributed by atoms with Gasteiger partial charge in [0, 0.05) is 17.8 Å². The van der Waals surface area contributed by atoms with Crippen LogP contribution in [0, 0.1) is 0 Å². The molecule has 0 bridgehead atoms. The Hall–Kier alpha value is -1.28. The van der Waals surface area contributed by atoms with Crippen molar-refractivity contribution < 1.29 is 17.7 Å². The van der Waals surface area contributed by atoms with Crippen molar-refractivity contribution in [1.82, 2.24) is 10.1 Å². The van der Waals surface area contributed by atoms with Crippen molar-refractivity contribution in [3.63, 3.8) is 0 Å². The fourth-order valence-corrected chi connectivity index (χ4v) is 2.40. The second-order valence-electron chi connectivity index (χ2n) is 3.95. The van der Waals surface area contributed by atoms with Crippen LogP contribution in [-0.2, 0) is 16.7 Å².